The zero-order valence-corrected chi connectivity index (χ0v) is 10.3. The average molecular weight is 245 g/mol. The predicted octanol–water partition coefficient (Wildman–Crippen LogP) is 2.18. The summed E-state index contributed by atoms with van der Waals surface area (Å²) in [5, 5.41) is 10.4. The van der Waals surface area contributed by atoms with Crippen LogP contribution in [-0.4, -0.2) is 24.3 Å². The fourth-order valence-corrected chi connectivity index (χ4v) is 1.86. The predicted molar refractivity (Wildman–Crippen MR) is 67.8 cm³/mol. The molecule has 0 aliphatic rings. The molecule has 0 saturated carbocycles. The smallest absolute Gasteiger partial charge is 0.128 e. The van der Waals surface area contributed by atoms with Crippen molar-refractivity contribution in [3.05, 3.63) is 53.9 Å². The summed E-state index contributed by atoms with van der Waals surface area (Å²) in [5.74, 6) is 1.19. The molecule has 0 bridgehead atoms. The number of rotatable bonds is 4. The number of pyridine rings is 1. The van der Waals surface area contributed by atoms with Crippen LogP contribution >= 0.6 is 0 Å². The lowest BCUT2D eigenvalue weighted by Crippen LogP contribution is -2.05. The lowest BCUT2D eigenvalue weighted by molar-refractivity contribution is 0.208. The minimum Gasteiger partial charge on any atom is -0.496 e. The number of benzene rings is 1. The summed E-state index contributed by atoms with van der Waals surface area (Å²) in [4.78, 5) is 3.93. The van der Waals surface area contributed by atoms with E-state index in [1.807, 2.05) is 6.07 Å². The molecule has 0 aliphatic heterocycles. The number of aromatic nitrogens is 1. The Hall–Kier alpha value is -2.07. The second-order valence-corrected chi connectivity index (χ2v) is 3.76. The van der Waals surface area contributed by atoms with Crippen molar-refractivity contribution in [1.82, 2.24) is 4.98 Å². The lowest BCUT2D eigenvalue weighted by atomic mass is 10.0. The third-order valence-corrected chi connectivity index (χ3v) is 2.76. The molecule has 1 aromatic heterocycles. The van der Waals surface area contributed by atoms with Crippen LogP contribution in [-0.2, 0) is 0 Å². The van der Waals surface area contributed by atoms with E-state index in [1.165, 1.54) is 0 Å². The minimum absolute atomic E-state index is 0.596. The van der Waals surface area contributed by atoms with E-state index in [9.17, 15) is 5.11 Å². The molecule has 1 heterocycles. The molecule has 1 aromatic carbocycles. The Kier molecular flexibility index (Phi) is 3.79. The van der Waals surface area contributed by atoms with E-state index in [0.29, 0.717) is 17.1 Å². The number of methoxy groups -OCH3 is 2. The summed E-state index contributed by atoms with van der Waals surface area (Å²) < 4.78 is 10.5. The van der Waals surface area contributed by atoms with Crippen LogP contribution in [0.2, 0.25) is 0 Å². The maximum Gasteiger partial charge on any atom is 0.128 e. The molecule has 0 saturated heterocycles. The van der Waals surface area contributed by atoms with Crippen molar-refractivity contribution < 1.29 is 14.6 Å². The largest absolute Gasteiger partial charge is 0.496 e. The Labute approximate surface area is 106 Å². The number of aliphatic hydroxyl groups excluding tert-OH is 1. The second-order valence-electron chi connectivity index (χ2n) is 3.76. The van der Waals surface area contributed by atoms with Crippen molar-refractivity contribution in [1.29, 1.82) is 0 Å². The molecule has 4 heteroatoms. The van der Waals surface area contributed by atoms with Crippen molar-refractivity contribution in [3.8, 4) is 11.5 Å². The van der Waals surface area contributed by atoms with Crippen molar-refractivity contribution in [2.24, 2.45) is 0 Å². The Morgan fingerprint density at radius 2 is 1.56 bits per heavy atom. The maximum atomic E-state index is 10.4. The molecule has 2 aromatic rings. The van der Waals surface area contributed by atoms with Crippen LogP contribution in [0.15, 0.2) is 42.7 Å². The second kappa shape index (κ2) is 5.51. The van der Waals surface area contributed by atoms with Crippen molar-refractivity contribution in [2.45, 2.75) is 6.10 Å². The SMILES string of the molecule is COc1cccc(OC)c1C(O)c1ccncc1. The van der Waals surface area contributed by atoms with Gasteiger partial charge in [0.05, 0.1) is 19.8 Å². The third kappa shape index (κ3) is 2.28. The van der Waals surface area contributed by atoms with E-state index in [1.54, 1.807) is 50.9 Å². The van der Waals surface area contributed by atoms with E-state index in [4.69, 9.17) is 9.47 Å². The van der Waals surface area contributed by atoms with Crippen LogP contribution in [0.4, 0.5) is 0 Å². The van der Waals surface area contributed by atoms with E-state index in [2.05, 4.69) is 4.98 Å². The summed E-state index contributed by atoms with van der Waals surface area (Å²) >= 11 is 0. The minimum atomic E-state index is -0.806. The Balaban J connectivity index is 2.49. The average Bonchev–Trinajstić information content (AvgIpc) is 2.46. The fraction of sp³-hybridized carbons (Fsp3) is 0.214. The van der Waals surface area contributed by atoms with Gasteiger partial charge in [0, 0.05) is 12.4 Å². The molecular weight excluding hydrogens is 230 g/mol. The standard InChI is InChI=1S/C14H15NO3/c1-17-11-4-3-5-12(18-2)13(11)14(16)10-6-8-15-9-7-10/h3-9,14,16H,1-2H3. The third-order valence-electron chi connectivity index (χ3n) is 2.76. The first-order valence-corrected chi connectivity index (χ1v) is 5.56. The van der Waals surface area contributed by atoms with Crippen LogP contribution < -0.4 is 9.47 Å². The zero-order valence-electron chi connectivity index (χ0n) is 10.3. The van der Waals surface area contributed by atoms with Gasteiger partial charge in [0.2, 0.25) is 0 Å². The Bertz CT molecular complexity index is 491. The number of hydrogen-bond acceptors (Lipinski definition) is 4. The molecule has 0 fully saturated rings. The van der Waals surface area contributed by atoms with Crippen LogP contribution in [0.1, 0.15) is 17.2 Å². The van der Waals surface area contributed by atoms with Crippen LogP contribution in [0, 0.1) is 0 Å². The molecule has 4 nitrogen and oxygen atoms in total. The quantitative estimate of drug-likeness (QED) is 0.897. The van der Waals surface area contributed by atoms with Gasteiger partial charge in [-0.25, -0.2) is 0 Å². The highest BCUT2D eigenvalue weighted by molar-refractivity contribution is 5.49. The van der Waals surface area contributed by atoms with Crippen LogP contribution in [0.3, 0.4) is 0 Å². The van der Waals surface area contributed by atoms with Gasteiger partial charge in [0.15, 0.2) is 0 Å². The zero-order chi connectivity index (χ0) is 13.0. The Morgan fingerprint density at radius 1 is 1.00 bits per heavy atom. The molecule has 94 valence electrons. The topological polar surface area (TPSA) is 51.6 Å². The first-order chi connectivity index (χ1) is 8.77. The van der Waals surface area contributed by atoms with E-state index >= 15 is 0 Å². The molecule has 1 atom stereocenters. The molecule has 18 heavy (non-hydrogen) atoms. The molecule has 1 unspecified atom stereocenters. The normalized spacial score (nSPS) is 11.9. The summed E-state index contributed by atoms with van der Waals surface area (Å²) in [5.41, 5.74) is 1.36. The lowest BCUT2D eigenvalue weighted by Gasteiger charge is -2.18. The first-order valence-electron chi connectivity index (χ1n) is 5.56. The molecule has 0 spiro atoms. The molecule has 1 N–H and O–H groups in total. The number of hydrogen-bond donors (Lipinski definition) is 1. The summed E-state index contributed by atoms with van der Waals surface area (Å²) in [7, 11) is 3.13. The molecule has 2 rings (SSSR count). The molecule has 0 aliphatic carbocycles. The fourth-order valence-electron chi connectivity index (χ4n) is 1.86. The van der Waals surface area contributed by atoms with E-state index in [0.717, 1.165) is 5.56 Å². The van der Waals surface area contributed by atoms with Gasteiger partial charge in [-0.1, -0.05) is 6.07 Å². The van der Waals surface area contributed by atoms with Gasteiger partial charge in [0.1, 0.15) is 17.6 Å². The van der Waals surface area contributed by atoms with Gasteiger partial charge in [0.25, 0.3) is 0 Å². The van der Waals surface area contributed by atoms with Crippen molar-refractivity contribution in [2.75, 3.05) is 14.2 Å². The van der Waals surface area contributed by atoms with Crippen molar-refractivity contribution >= 4 is 0 Å². The number of aliphatic hydroxyl groups is 1. The maximum absolute atomic E-state index is 10.4. The summed E-state index contributed by atoms with van der Waals surface area (Å²) in [6.07, 6.45) is 2.47. The van der Waals surface area contributed by atoms with Crippen LogP contribution in [0.5, 0.6) is 11.5 Å². The van der Waals surface area contributed by atoms with Gasteiger partial charge < -0.3 is 14.6 Å². The van der Waals surface area contributed by atoms with Gasteiger partial charge >= 0.3 is 0 Å². The van der Waals surface area contributed by atoms with Gasteiger partial charge in [-0.3, -0.25) is 4.98 Å². The van der Waals surface area contributed by atoms with Crippen LogP contribution in [0.25, 0.3) is 0 Å². The molecular formula is C14H15NO3. The summed E-state index contributed by atoms with van der Waals surface area (Å²) in [6.45, 7) is 0. The summed E-state index contributed by atoms with van der Waals surface area (Å²) in [6, 6.07) is 8.93. The van der Waals surface area contributed by atoms with Gasteiger partial charge in [-0.05, 0) is 29.8 Å². The van der Waals surface area contributed by atoms with Gasteiger partial charge in [-0.15, -0.1) is 0 Å². The highest BCUT2D eigenvalue weighted by atomic mass is 16.5. The van der Waals surface area contributed by atoms with Gasteiger partial charge in [-0.2, -0.15) is 0 Å². The highest BCUT2D eigenvalue weighted by Gasteiger charge is 2.20. The van der Waals surface area contributed by atoms with E-state index < -0.39 is 6.10 Å². The van der Waals surface area contributed by atoms with Crippen molar-refractivity contribution in [3.63, 3.8) is 0 Å². The molecule has 0 amide bonds. The highest BCUT2D eigenvalue weighted by Crippen LogP contribution is 2.36. The Morgan fingerprint density at radius 3 is 2.06 bits per heavy atom. The molecule has 0 radical (unpaired) electrons. The van der Waals surface area contributed by atoms with E-state index in [-0.39, 0.29) is 0 Å². The number of nitrogens with zero attached hydrogens (tertiary/aromatic N) is 1. The first kappa shape index (κ1) is 12.4. The monoisotopic (exact) mass is 245 g/mol. The number of ether oxygens (including phenoxy) is 2.